The number of anilines is 1. The molecule has 3 nitrogen and oxygen atoms in total. The topological polar surface area (TPSA) is 43.7 Å². The Labute approximate surface area is 102 Å². The van der Waals surface area contributed by atoms with Gasteiger partial charge in [0.1, 0.15) is 5.75 Å². The molecule has 6 heteroatoms. The van der Waals surface area contributed by atoms with Crippen molar-refractivity contribution in [2.75, 3.05) is 18.1 Å². The molecule has 1 saturated heterocycles. The number of halogens is 3. The van der Waals surface area contributed by atoms with Crippen molar-refractivity contribution in [2.45, 2.75) is 25.1 Å². The van der Waals surface area contributed by atoms with Crippen LogP contribution < -0.4 is 4.90 Å². The molecule has 1 fully saturated rings. The molecule has 100 valence electrons. The quantitative estimate of drug-likeness (QED) is 0.859. The molecular formula is C12H14F3NO2. The van der Waals surface area contributed by atoms with E-state index in [0.717, 1.165) is 18.9 Å². The Hall–Kier alpha value is -1.43. The lowest BCUT2D eigenvalue weighted by Crippen LogP contribution is -2.32. The van der Waals surface area contributed by atoms with Crippen LogP contribution in [0.1, 0.15) is 18.4 Å². The molecule has 0 amide bonds. The zero-order chi connectivity index (χ0) is 13.3. The van der Waals surface area contributed by atoms with E-state index in [4.69, 9.17) is 5.11 Å². The molecule has 0 bridgehead atoms. The number of aromatic hydroxyl groups is 1. The molecule has 1 aromatic carbocycles. The van der Waals surface area contributed by atoms with Crippen LogP contribution in [0.25, 0.3) is 0 Å². The van der Waals surface area contributed by atoms with E-state index < -0.39 is 17.5 Å². The van der Waals surface area contributed by atoms with E-state index in [1.165, 1.54) is 6.07 Å². The molecule has 0 radical (unpaired) electrons. The van der Waals surface area contributed by atoms with Crippen molar-refractivity contribution in [3.05, 3.63) is 23.8 Å². The van der Waals surface area contributed by atoms with Gasteiger partial charge in [0.15, 0.2) is 0 Å². The summed E-state index contributed by atoms with van der Waals surface area (Å²) in [4.78, 5) is 1.70. The molecule has 1 aliphatic heterocycles. The second-order valence-electron chi connectivity index (χ2n) is 4.41. The van der Waals surface area contributed by atoms with Crippen molar-refractivity contribution in [3.8, 4) is 5.75 Å². The molecule has 0 aromatic heterocycles. The molecule has 0 spiro atoms. The maximum Gasteiger partial charge on any atom is 0.416 e. The van der Waals surface area contributed by atoms with Gasteiger partial charge in [-0.1, -0.05) is 0 Å². The normalized spacial score (nSPS) is 20.4. The SMILES string of the molecule is OCC1CCCN1c1cc(O)cc(C(F)(F)F)c1. The minimum absolute atomic E-state index is 0.100. The Kier molecular flexibility index (Phi) is 3.38. The van der Waals surface area contributed by atoms with Gasteiger partial charge in [0.2, 0.25) is 0 Å². The molecule has 1 heterocycles. The summed E-state index contributed by atoms with van der Waals surface area (Å²) in [6.45, 7) is 0.489. The van der Waals surface area contributed by atoms with Crippen molar-refractivity contribution in [1.82, 2.24) is 0 Å². The zero-order valence-electron chi connectivity index (χ0n) is 9.61. The fraction of sp³-hybridized carbons (Fsp3) is 0.500. The van der Waals surface area contributed by atoms with Crippen LogP contribution in [0.4, 0.5) is 18.9 Å². The van der Waals surface area contributed by atoms with Crippen LogP contribution in [0.2, 0.25) is 0 Å². The molecule has 2 rings (SSSR count). The monoisotopic (exact) mass is 261 g/mol. The average Bonchev–Trinajstić information content (AvgIpc) is 2.74. The highest BCUT2D eigenvalue weighted by Crippen LogP contribution is 2.36. The maximum atomic E-state index is 12.6. The average molecular weight is 261 g/mol. The summed E-state index contributed by atoms with van der Waals surface area (Å²) in [7, 11) is 0. The Morgan fingerprint density at radius 2 is 2.00 bits per heavy atom. The Bertz CT molecular complexity index is 434. The maximum absolute atomic E-state index is 12.6. The number of rotatable bonds is 2. The number of aliphatic hydroxyl groups excluding tert-OH is 1. The van der Waals surface area contributed by atoms with Gasteiger partial charge >= 0.3 is 6.18 Å². The van der Waals surface area contributed by atoms with Gasteiger partial charge < -0.3 is 15.1 Å². The number of phenolic OH excluding ortho intramolecular Hbond substituents is 1. The summed E-state index contributed by atoms with van der Waals surface area (Å²) < 4.78 is 37.9. The van der Waals surface area contributed by atoms with Gasteiger partial charge in [-0.3, -0.25) is 0 Å². The standard InChI is InChI=1S/C12H14F3NO2/c13-12(14,15)8-4-10(6-11(18)5-8)16-3-1-2-9(16)7-17/h4-6,9,17-18H,1-3,7H2. The fourth-order valence-electron chi connectivity index (χ4n) is 2.29. The smallest absolute Gasteiger partial charge is 0.416 e. The predicted molar refractivity (Wildman–Crippen MR) is 60.6 cm³/mol. The second kappa shape index (κ2) is 4.68. The first kappa shape index (κ1) is 13.0. The van der Waals surface area contributed by atoms with E-state index in [1.54, 1.807) is 4.90 Å². The van der Waals surface area contributed by atoms with Crippen LogP contribution in [0, 0.1) is 0 Å². The summed E-state index contributed by atoms with van der Waals surface area (Å²) >= 11 is 0. The van der Waals surface area contributed by atoms with E-state index in [0.29, 0.717) is 18.3 Å². The van der Waals surface area contributed by atoms with Crippen molar-refractivity contribution in [1.29, 1.82) is 0 Å². The molecule has 1 atom stereocenters. The van der Waals surface area contributed by atoms with Crippen molar-refractivity contribution < 1.29 is 23.4 Å². The lowest BCUT2D eigenvalue weighted by Gasteiger charge is -2.26. The Balaban J connectivity index is 2.36. The molecule has 1 aliphatic rings. The van der Waals surface area contributed by atoms with Gasteiger partial charge in [0, 0.05) is 18.3 Å². The predicted octanol–water partition coefficient (Wildman–Crippen LogP) is 2.37. The first-order chi connectivity index (χ1) is 8.41. The number of benzene rings is 1. The third kappa shape index (κ3) is 2.53. The second-order valence-corrected chi connectivity index (χ2v) is 4.41. The summed E-state index contributed by atoms with van der Waals surface area (Å²) in [6.07, 6.45) is -2.92. The third-order valence-corrected chi connectivity index (χ3v) is 3.15. The van der Waals surface area contributed by atoms with Crippen LogP contribution in [-0.4, -0.2) is 29.4 Å². The number of hydrogen-bond acceptors (Lipinski definition) is 3. The number of hydrogen-bond donors (Lipinski definition) is 2. The number of nitrogens with zero attached hydrogens (tertiary/aromatic N) is 1. The number of aliphatic hydroxyl groups is 1. The summed E-state index contributed by atoms with van der Waals surface area (Å²) in [5.41, 5.74) is -0.569. The Morgan fingerprint density at radius 3 is 2.61 bits per heavy atom. The van der Waals surface area contributed by atoms with Crippen LogP contribution in [0.3, 0.4) is 0 Å². The molecule has 18 heavy (non-hydrogen) atoms. The van der Waals surface area contributed by atoms with E-state index >= 15 is 0 Å². The highest BCUT2D eigenvalue weighted by Gasteiger charge is 2.33. The lowest BCUT2D eigenvalue weighted by molar-refractivity contribution is -0.137. The largest absolute Gasteiger partial charge is 0.508 e. The Morgan fingerprint density at radius 1 is 1.28 bits per heavy atom. The van der Waals surface area contributed by atoms with Crippen molar-refractivity contribution in [2.24, 2.45) is 0 Å². The van der Waals surface area contributed by atoms with Crippen LogP contribution in [0.5, 0.6) is 5.75 Å². The van der Waals surface area contributed by atoms with E-state index in [1.807, 2.05) is 0 Å². The first-order valence-corrected chi connectivity index (χ1v) is 5.70. The van der Waals surface area contributed by atoms with Crippen molar-refractivity contribution >= 4 is 5.69 Å². The fourth-order valence-corrected chi connectivity index (χ4v) is 2.29. The van der Waals surface area contributed by atoms with Crippen LogP contribution >= 0.6 is 0 Å². The first-order valence-electron chi connectivity index (χ1n) is 5.70. The number of phenols is 1. The summed E-state index contributed by atoms with van der Waals surface area (Å²) in [5, 5.41) is 18.6. The van der Waals surface area contributed by atoms with Gasteiger partial charge in [-0.2, -0.15) is 13.2 Å². The molecule has 0 aliphatic carbocycles. The van der Waals surface area contributed by atoms with Gasteiger partial charge in [0.05, 0.1) is 18.2 Å². The highest BCUT2D eigenvalue weighted by molar-refractivity contribution is 5.55. The molecule has 0 saturated carbocycles. The van der Waals surface area contributed by atoms with Gasteiger partial charge in [-0.15, -0.1) is 0 Å². The molecule has 2 N–H and O–H groups in total. The molecule has 1 aromatic rings. The van der Waals surface area contributed by atoms with E-state index in [2.05, 4.69) is 0 Å². The summed E-state index contributed by atoms with van der Waals surface area (Å²) in [5.74, 6) is -0.414. The van der Waals surface area contributed by atoms with Gasteiger partial charge in [0.25, 0.3) is 0 Å². The lowest BCUT2D eigenvalue weighted by atomic mass is 10.1. The van der Waals surface area contributed by atoms with Crippen LogP contribution in [0.15, 0.2) is 18.2 Å². The van der Waals surface area contributed by atoms with Crippen molar-refractivity contribution in [3.63, 3.8) is 0 Å². The zero-order valence-corrected chi connectivity index (χ0v) is 9.61. The van der Waals surface area contributed by atoms with E-state index in [9.17, 15) is 18.3 Å². The molecular weight excluding hydrogens is 247 g/mol. The van der Waals surface area contributed by atoms with Crippen LogP contribution in [-0.2, 0) is 6.18 Å². The summed E-state index contributed by atoms with van der Waals surface area (Å²) in [6, 6.07) is 2.83. The third-order valence-electron chi connectivity index (χ3n) is 3.15. The minimum atomic E-state index is -4.48. The van der Waals surface area contributed by atoms with Gasteiger partial charge in [-0.25, -0.2) is 0 Å². The molecule has 1 unspecified atom stereocenters. The highest BCUT2D eigenvalue weighted by atomic mass is 19.4. The van der Waals surface area contributed by atoms with Gasteiger partial charge in [-0.05, 0) is 25.0 Å². The number of alkyl halides is 3. The van der Waals surface area contributed by atoms with E-state index in [-0.39, 0.29) is 12.6 Å². The minimum Gasteiger partial charge on any atom is -0.508 e.